The Hall–Kier alpha value is -4.51. The summed E-state index contributed by atoms with van der Waals surface area (Å²) in [6.07, 6.45) is 9.79. The highest BCUT2D eigenvalue weighted by Crippen LogP contribution is 2.48. The first-order valence-corrected chi connectivity index (χ1v) is 16.6. The Balaban J connectivity index is 1.34. The first-order chi connectivity index (χ1) is 23.3. The Bertz CT molecular complexity index is 2020. The fourth-order valence-corrected chi connectivity index (χ4v) is 7.25. The smallest absolute Gasteiger partial charge is 0.228 e. The summed E-state index contributed by atoms with van der Waals surface area (Å²) in [6.45, 7) is 7.45. The summed E-state index contributed by atoms with van der Waals surface area (Å²) < 4.78 is 19.0. The number of anilines is 2. The van der Waals surface area contributed by atoms with Crippen molar-refractivity contribution in [3.8, 4) is 39.6 Å². The average molecular weight is 688 g/mol. The average Bonchev–Trinajstić information content (AvgIpc) is 3.83. The SMILES string of the molecule is C=CCC(=O)Nc1cc(-c2cc3c(cn2)cc(-c2c(Cl)c(OC)cc(OC)c2Cl)c2nccn23)c(OC)cc1N1CCN(C2CC2)CC1. The number of pyridine rings is 2. The molecule has 3 aromatic heterocycles. The zero-order valence-electron chi connectivity index (χ0n) is 27.1. The van der Waals surface area contributed by atoms with E-state index in [-0.39, 0.29) is 12.3 Å². The molecule has 7 rings (SSSR count). The highest BCUT2D eigenvalue weighted by Gasteiger charge is 2.32. The van der Waals surface area contributed by atoms with E-state index in [1.165, 1.54) is 12.8 Å². The van der Waals surface area contributed by atoms with Crippen molar-refractivity contribution in [2.75, 3.05) is 57.7 Å². The van der Waals surface area contributed by atoms with Crippen LogP contribution < -0.4 is 24.4 Å². The molecule has 0 radical (unpaired) electrons. The summed E-state index contributed by atoms with van der Waals surface area (Å²) in [5.41, 5.74) is 5.80. The van der Waals surface area contributed by atoms with Gasteiger partial charge in [0.2, 0.25) is 5.91 Å². The van der Waals surface area contributed by atoms with Gasteiger partial charge in [0.25, 0.3) is 0 Å². The summed E-state index contributed by atoms with van der Waals surface area (Å²) in [5, 5.41) is 4.65. The number of hydrogen-bond acceptors (Lipinski definition) is 8. The van der Waals surface area contributed by atoms with Crippen LogP contribution in [0.15, 0.2) is 61.6 Å². The molecule has 10 nitrogen and oxygen atoms in total. The molecule has 1 N–H and O–H groups in total. The van der Waals surface area contributed by atoms with Crippen LogP contribution in [0, 0.1) is 0 Å². The Morgan fingerprint density at radius 1 is 0.938 bits per heavy atom. The van der Waals surface area contributed by atoms with Crippen molar-refractivity contribution in [2.45, 2.75) is 25.3 Å². The van der Waals surface area contributed by atoms with Crippen LogP contribution in [0.3, 0.4) is 0 Å². The van der Waals surface area contributed by atoms with Gasteiger partial charge in [-0.05, 0) is 31.0 Å². The predicted molar refractivity (Wildman–Crippen MR) is 191 cm³/mol. The molecule has 0 unspecified atom stereocenters. The minimum atomic E-state index is -0.135. The van der Waals surface area contributed by atoms with Crippen molar-refractivity contribution in [3.05, 3.63) is 71.6 Å². The molecule has 1 saturated carbocycles. The summed E-state index contributed by atoms with van der Waals surface area (Å²) in [4.78, 5) is 27.3. The molecule has 0 atom stereocenters. The molecule has 12 heteroatoms. The number of amides is 1. The maximum absolute atomic E-state index is 12.9. The lowest BCUT2D eigenvalue weighted by atomic mass is 10.0. The summed E-state index contributed by atoms with van der Waals surface area (Å²) >= 11 is 13.7. The van der Waals surface area contributed by atoms with E-state index in [1.807, 2.05) is 34.9 Å². The van der Waals surface area contributed by atoms with Crippen molar-refractivity contribution in [2.24, 2.45) is 0 Å². The van der Waals surface area contributed by atoms with Gasteiger partial charge in [0.1, 0.15) is 22.9 Å². The number of piperazine rings is 1. The van der Waals surface area contributed by atoms with Crippen LogP contribution in [0.5, 0.6) is 17.2 Å². The number of carbonyl (C=O) groups is 1. The standard InChI is InChI=1S/C36H36Cl2N6O4/c1-5-6-32(45)41-26-16-23(29(46-2)18-28(26)43-13-11-42(12-14-43)22-7-8-22)25-17-27-21(20-40-25)15-24(36-39-9-10-44(27)36)33-34(37)30(47-3)19-31(48-4)35(33)38/h5,9-10,15-20,22H,1,6-8,11-14H2,2-4H3,(H,41,45). The monoisotopic (exact) mass is 686 g/mol. The first kappa shape index (κ1) is 32.1. The van der Waals surface area contributed by atoms with Gasteiger partial charge in [0.15, 0.2) is 0 Å². The number of hydrogen-bond donors (Lipinski definition) is 1. The highest BCUT2D eigenvalue weighted by atomic mass is 35.5. The number of nitrogens with zero attached hydrogens (tertiary/aromatic N) is 5. The van der Waals surface area contributed by atoms with E-state index < -0.39 is 0 Å². The van der Waals surface area contributed by atoms with E-state index in [2.05, 4.69) is 26.7 Å². The molecule has 1 aliphatic carbocycles. The van der Waals surface area contributed by atoms with E-state index in [1.54, 1.807) is 45.9 Å². The van der Waals surface area contributed by atoms with Gasteiger partial charge in [0, 0.05) is 91.4 Å². The number of ether oxygens (including phenoxy) is 3. The molecular weight excluding hydrogens is 651 g/mol. The zero-order valence-corrected chi connectivity index (χ0v) is 28.6. The molecule has 1 amide bonds. The number of rotatable bonds is 10. The van der Waals surface area contributed by atoms with E-state index in [0.29, 0.717) is 55.4 Å². The van der Waals surface area contributed by atoms with Gasteiger partial charge in [0.05, 0.1) is 54.0 Å². The van der Waals surface area contributed by atoms with Crippen LogP contribution in [0.2, 0.25) is 10.0 Å². The Kier molecular flexibility index (Phi) is 8.80. The molecule has 2 aromatic carbocycles. The summed E-state index contributed by atoms with van der Waals surface area (Å²) in [5.74, 6) is 1.39. The summed E-state index contributed by atoms with van der Waals surface area (Å²) in [6, 6.07) is 10.3. The predicted octanol–water partition coefficient (Wildman–Crippen LogP) is 7.35. The van der Waals surface area contributed by atoms with Crippen molar-refractivity contribution >= 4 is 57.0 Å². The molecule has 248 valence electrons. The number of nitrogens with one attached hydrogen (secondary N) is 1. The van der Waals surface area contributed by atoms with Crippen LogP contribution in [0.4, 0.5) is 11.4 Å². The van der Waals surface area contributed by atoms with Crippen LogP contribution >= 0.6 is 23.2 Å². The van der Waals surface area contributed by atoms with Crippen molar-refractivity contribution in [1.82, 2.24) is 19.3 Å². The van der Waals surface area contributed by atoms with Gasteiger partial charge >= 0.3 is 0 Å². The third-order valence-corrected chi connectivity index (χ3v) is 9.86. The largest absolute Gasteiger partial charge is 0.496 e. The lowest BCUT2D eigenvalue weighted by Gasteiger charge is -2.37. The van der Waals surface area contributed by atoms with Crippen LogP contribution in [0.1, 0.15) is 19.3 Å². The molecule has 4 heterocycles. The molecule has 0 bridgehead atoms. The minimum absolute atomic E-state index is 0.135. The number of benzene rings is 2. The maximum Gasteiger partial charge on any atom is 0.228 e. The second kappa shape index (κ2) is 13.2. The van der Waals surface area contributed by atoms with Crippen LogP contribution in [-0.4, -0.2) is 78.7 Å². The minimum Gasteiger partial charge on any atom is -0.496 e. The molecule has 1 aliphatic heterocycles. The molecule has 0 spiro atoms. The topological polar surface area (TPSA) is 93.5 Å². The van der Waals surface area contributed by atoms with Crippen molar-refractivity contribution in [1.29, 1.82) is 0 Å². The molecule has 48 heavy (non-hydrogen) atoms. The van der Waals surface area contributed by atoms with E-state index in [0.717, 1.165) is 54.4 Å². The van der Waals surface area contributed by atoms with Gasteiger partial charge in [-0.2, -0.15) is 0 Å². The highest BCUT2D eigenvalue weighted by molar-refractivity contribution is 6.41. The van der Waals surface area contributed by atoms with Gasteiger partial charge in [-0.1, -0.05) is 29.3 Å². The fourth-order valence-electron chi connectivity index (χ4n) is 6.55. The van der Waals surface area contributed by atoms with E-state index >= 15 is 0 Å². The number of methoxy groups -OCH3 is 3. The molecule has 2 aliphatic rings. The normalized spacial score (nSPS) is 15.1. The Labute approximate surface area is 288 Å². The van der Waals surface area contributed by atoms with Crippen molar-refractivity contribution < 1.29 is 19.0 Å². The third-order valence-electron chi connectivity index (χ3n) is 9.11. The van der Waals surface area contributed by atoms with Gasteiger partial charge < -0.3 is 24.4 Å². The van der Waals surface area contributed by atoms with E-state index in [4.69, 9.17) is 42.4 Å². The maximum atomic E-state index is 12.9. The van der Waals surface area contributed by atoms with Crippen LogP contribution in [-0.2, 0) is 4.79 Å². The lowest BCUT2D eigenvalue weighted by Crippen LogP contribution is -2.47. The Morgan fingerprint density at radius 3 is 2.29 bits per heavy atom. The first-order valence-electron chi connectivity index (χ1n) is 15.8. The van der Waals surface area contributed by atoms with Gasteiger partial charge in [-0.3, -0.25) is 19.1 Å². The number of halogens is 2. The van der Waals surface area contributed by atoms with Gasteiger partial charge in [-0.25, -0.2) is 4.98 Å². The second-order valence-electron chi connectivity index (χ2n) is 12.0. The number of imidazole rings is 1. The fraction of sp³-hybridized carbons (Fsp3) is 0.306. The van der Waals surface area contributed by atoms with Crippen molar-refractivity contribution in [3.63, 3.8) is 0 Å². The summed E-state index contributed by atoms with van der Waals surface area (Å²) in [7, 11) is 4.74. The van der Waals surface area contributed by atoms with E-state index in [9.17, 15) is 4.79 Å². The number of fused-ring (bicyclic) bond motifs is 3. The lowest BCUT2D eigenvalue weighted by molar-refractivity contribution is -0.115. The second-order valence-corrected chi connectivity index (χ2v) is 12.7. The Morgan fingerprint density at radius 2 is 1.65 bits per heavy atom. The molecule has 5 aromatic rings. The third kappa shape index (κ3) is 5.78. The quantitative estimate of drug-likeness (QED) is 0.153. The number of carbonyl (C=O) groups excluding carboxylic acids is 1. The molecule has 1 saturated heterocycles. The molecule has 2 fully saturated rings. The zero-order chi connectivity index (χ0) is 33.5. The molecular formula is C36H36Cl2N6O4. The van der Waals surface area contributed by atoms with Crippen LogP contribution in [0.25, 0.3) is 38.9 Å². The van der Waals surface area contributed by atoms with Gasteiger partial charge in [-0.15, -0.1) is 6.58 Å². The number of aromatic nitrogens is 3.